The van der Waals surface area contributed by atoms with Gasteiger partial charge in [-0.15, -0.1) is 0 Å². The molecule has 0 bridgehead atoms. The van der Waals surface area contributed by atoms with Crippen molar-refractivity contribution in [3.63, 3.8) is 0 Å². The average molecular weight is 328 g/mol. The lowest BCUT2D eigenvalue weighted by Crippen LogP contribution is -2.24. The van der Waals surface area contributed by atoms with Crippen molar-refractivity contribution in [3.8, 4) is 0 Å². The summed E-state index contributed by atoms with van der Waals surface area (Å²) in [7, 11) is 0. The van der Waals surface area contributed by atoms with Crippen molar-refractivity contribution in [2.24, 2.45) is 0 Å². The molecule has 0 fully saturated rings. The number of carbonyl (C=O) groups excluding carboxylic acids is 2. The highest BCUT2D eigenvalue weighted by atomic mass is 16.6. The highest BCUT2D eigenvalue weighted by molar-refractivity contribution is 5.84. The van der Waals surface area contributed by atoms with Crippen LogP contribution in [-0.4, -0.2) is 11.9 Å². The van der Waals surface area contributed by atoms with Gasteiger partial charge in [-0.25, -0.2) is 0 Å². The molecule has 0 radical (unpaired) electrons. The van der Waals surface area contributed by atoms with E-state index in [1.165, 1.54) is 13.8 Å². The molecule has 0 atom stereocenters. The molecule has 0 saturated heterocycles. The summed E-state index contributed by atoms with van der Waals surface area (Å²) in [6.45, 7) is 10.3. The summed E-state index contributed by atoms with van der Waals surface area (Å²) in [5.41, 5.74) is 0.486. The third-order valence-electron chi connectivity index (χ3n) is 4.03. The van der Waals surface area contributed by atoms with Crippen molar-refractivity contribution in [3.05, 3.63) is 47.5 Å². The maximum atomic E-state index is 11.3. The predicted molar refractivity (Wildman–Crippen MR) is 93.5 cm³/mol. The normalized spacial score (nSPS) is 12.1. The summed E-state index contributed by atoms with van der Waals surface area (Å²) in [5.74, 6) is -0.614. The highest BCUT2D eigenvalue weighted by Gasteiger charge is 2.26. The Labute approximate surface area is 142 Å². The molecule has 0 amide bonds. The van der Waals surface area contributed by atoms with Crippen LogP contribution in [0.5, 0.6) is 0 Å². The van der Waals surface area contributed by atoms with Crippen LogP contribution in [0.25, 0.3) is 10.8 Å². The Hall–Kier alpha value is -2.36. The molecule has 0 aliphatic carbocycles. The van der Waals surface area contributed by atoms with E-state index in [-0.39, 0.29) is 11.9 Å². The first-order valence-electron chi connectivity index (χ1n) is 7.95. The van der Waals surface area contributed by atoms with Gasteiger partial charge in [-0.05, 0) is 61.7 Å². The van der Waals surface area contributed by atoms with Crippen molar-refractivity contribution in [1.82, 2.24) is 0 Å². The van der Waals surface area contributed by atoms with Crippen LogP contribution in [0.15, 0.2) is 36.4 Å². The molecule has 24 heavy (non-hydrogen) atoms. The quantitative estimate of drug-likeness (QED) is 0.779. The lowest BCUT2D eigenvalue weighted by Gasteiger charge is -2.26. The largest absolute Gasteiger partial charge is 0.455 e. The maximum absolute atomic E-state index is 11.3. The fraction of sp³-hybridized carbons (Fsp3) is 0.400. The Morgan fingerprint density at radius 1 is 0.708 bits per heavy atom. The lowest BCUT2D eigenvalue weighted by atomic mass is 9.91. The second kappa shape index (κ2) is 6.27. The molecule has 2 aromatic rings. The predicted octanol–water partition coefficient (Wildman–Crippen LogP) is 4.44. The topological polar surface area (TPSA) is 52.6 Å². The van der Waals surface area contributed by atoms with Crippen molar-refractivity contribution in [1.29, 1.82) is 0 Å². The van der Waals surface area contributed by atoms with Crippen LogP contribution in [0, 0.1) is 0 Å². The minimum absolute atomic E-state index is 0.307. The number of hydrogen-bond donors (Lipinski definition) is 0. The number of esters is 2. The second-order valence-electron chi connectivity index (χ2n) is 6.98. The van der Waals surface area contributed by atoms with Crippen LogP contribution < -0.4 is 0 Å². The van der Waals surface area contributed by atoms with Gasteiger partial charge in [-0.1, -0.05) is 24.3 Å². The van der Waals surface area contributed by atoms with Gasteiger partial charge in [-0.3, -0.25) is 9.59 Å². The zero-order valence-corrected chi connectivity index (χ0v) is 15.1. The molecule has 0 aromatic heterocycles. The number of fused-ring (bicyclic) bond motifs is 1. The number of rotatable bonds is 4. The van der Waals surface area contributed by atoms with Crippen LogP contribution in [0.3, 0.4) is 0 Å². The van der Waals surface area contributed by atoms with E-state index in [4.69, 9.17) is 9.47 Å². The van der Waals surface area contributed by atoms with Crippen molar-refractivity contribution >= 4 is 22.7 Å². The van der Waals surface area contributed by atoms with Crippen molar-refractivity contribution in [2.45, 2.75) is 52.7 Å². The summed E-state index contributed by atoms with van der Waals surface area (Å²) >= 11 is 0. The fourth-order valence-electron chi connectivity index (χ4n) is 2.83. The Kier molecular flexibility index (Phi) is 4.70. The molecule has 0 aliphatic rings. The van der Waals surface area contributed by atoms with Crippen LogP contribution in [0.1, 0.15) is 52.7 Å². The van der Waals surface area contributed by atoms with Crippen LogP contribution in [0.4, 0.5) is 0 Å². The van der Waals surface area contributed by atoms with Crippen LogP contribution >= 0.6 is 0 Å². The van der Waals surface area contributed by atoms with Crippen molar-refractivity contribution in [2.75, 3.05) is 0 Å². The first-order chi connectivity index (χ1) is 11.0. The first kappa shape index (κ1) is 18.0. The van der Waals surface area contributed by atoms with Gasteiger partial charge in [0, 0.05) is 13.8 Å². The van der Waals surface area contributed by atoms with Gasteiger partial charge in [-0.2, -0.15) is 0 Å². The summed E-state index contributed by atoms with van der Waals surface area (Å²) in [4.78, 5) is 22.6. The van der Waals surface area contributed by atoms with E-state index in [2.05, 4.69) is 0 Å². The summed E-state index contributed by atoms with van der Waals surface area (Å²) in [6, 6.07) is 11.9. The third-order valence-corrected chi connectivity index (χ3v) is 4.03. The number of hydrogen-bond acceptors (Lipinski definition) is 4. The fourth-order valence-corrected chi connectivity index (χ4v) is 2.83. The minimum atomic E-state index is -0.685. The number of benzene rings is 2. The Balaban J connectivity index is 2.42. The molecule has 0 unspecified atom stereocenters. The van der Waals surface area contributed by atoms with Gasteiger partial charge in [0.1, 0.15) is 11.2 Å². The summed E-state index contributed by atoms with van der Waals surface area (Å²) in [5, 5.41) is 2.07. The molecule has 2 aromatic carbocycles. The SMILES string of the molecule is CC(=O)OC(C)(C)c1ccc2cc(C(C)(C)OC(C)=O)ccc2c1. The molecule has 0 aliphatic heterocycles. The molecule has 4 nitrogen and oxygen atoms in total. The summed E-state index contributed by atoms with van der Waals surface area (Å²) < 4.78 is 10.8. The molecule has 2 rings (SSSR count). The van der Waals surface area contributed by atoms with E-state index in [0.29, 0.717) is 0 Å². The van der Waals surface area contributed by atoms with E-state index >= 15 is 0 Å². The highest BCUT2D eigenvalue weighted by Crippen LogP contribution is 2.31. The molecule has 0 heterocycles. The zero-order chi connectivity index (χ0) is 18.1. The van der Waals surface area contributed by atoms with E-state index in [0.717, 1.165) is 21.9 Å². The minimum Gasteiger partial charge on any atom is -0.455 e. The standard InChI is InChI=1S/C20H24O4/c1-13(21)23-19(3,4)17-9-7-16-12-18(10-8-15(16)11-17)20(5,6)24-14(2)22/h7-12H,1-6H3. The number of ether oxygens (including phenoxy) is 2. The summed E-state index contributed by atoms with van der Waals surface area (Å²) in [6.07, 6.45) is 0. The number of carbonyl (C=O) groups is 2. The smallest absolute Gasteiger partial charge is 0.303 e. The van der Waals surface area contributed by atoms with Gasteiger partial charge in [0.2, 0.25) is 0 Å². The third kappa shape index (κ3) is 3.94. The van der Waals surface area contributed by atoms with E-state index in [9.17, 15) is 9.59 Å². The molecule has 4 heteroatoms. The monoisotopic (exact) mass is 328 g/mol. The Morgan fingerprint density at radius 3 is 1.33 bits per heavy atom. The van der Waals surface area contributed by atoms with Gasteiger partial charge in [0.05, 0.1) is 0 Å². The Morgan fingerprint density at radius 2 is 1.04 bits per heavy atom. The maximum Gasteiger partial charge on any atom is 0.303 e. The van der Waals surface area contributed by atoms with E-state index in [1.807, 2.05) is 64.1 Å². The molecule has 0 N–H and O–H groups in total. The van der Waals surface area contributed by atoms with Gasteiger partial charge >= 0.3 is 11.9 Å². The average Bonchev–Trinajstić information content (AvgIpc) is 2.43. The van der Waals surface area contributed by atoms with Crippen molar-refractivity contribution < 1.29 is 19.1 Å². The first-order valence-corrected chi connectivity index (χ1v) is 7.95. The van der Waals surface area contributed by atoms with Gasteiger partial charge in [0.15, 0.2) is 0 Å². The van der Waals surface area contributed by atoms with Gasteiger partial charge < -0.3 is 9.47 Å². The van der Waals surface area contributed by atoms with E-state index < -0.39 is 11.2 Å². The van der Waals surface area contributed by atoms with Crippen LogP contribution in [0.2, 0.25) is 0 Å². The molecule has 0 spiro atoms. The lowest BCUT2D eigenvalue weighted by molar-refractivity contribution is -0.155. The van der Waals surface area contributed by atoms with Crippen LogP contribution in [-0.2, 0) is 30.3 Å². The molecule has 0 saturated carbocycles. The second-order valence-corrected chi connectivity index (χ2v) is 6.98. The molecular formula is C20H24O4. The molecule has 128 valence electrons. The molecular weight excluding hydrogens is 304 g/mol. The zero-order valence-electron chi connectivity index (χ0n) is 15.1. The van der Waals surface area contributed by atoms with Gasteiger partial charge in [0.25, 0.3) is 0 Å². The Bertz CT molecular complexity index is 720. The van der Waals surface area contributed by atoms with E-state index in [1.54, 1.807) is 0 Å².